The van der Waals surface area contributed by atoms with Crippen LogP contribution in [-0.4, -0.2) is 13.1 Å². The van der Waals surface area contributed by atoms with Gasteiger partial charge in [0.05, 0.1) is 15.7 Å². The van der Waals surface area contributed by atoms with Crippen molar-refractivity contribution in [3.63, 3.8) is 0 Å². The number of hydrogen-bond acceptors (Lipinski definition) is 1. The number of carbonyl (C=O) groups excluding carboxylic acids is 1. The second kappa shape index (κ2) is 4.53. The summed E-state index contributed by atoms with van der Waals surface area (Å²) in [5.41, 5.74) is 1.38. The molecule has 0 fully saturated rings. The van der Waals surface area contributed by atoms with Crippen molar-refractivity contribution in [1.29, 1.82) is 0 Å². The standard InChI is InChI=1S/C9H10Cl2N2O/c1-5-3-6(10)8(7(11)4-5)13-9(14)12-2/h3-4H,1-2H3,(H2,12,13,14). The number of aryl methyl sites for hydroxylation is 1. The van der Waals surface area contributed by atoms with Gasteiger partial charge in [0.25, 0.3) is 0 Å². The second-order valence-electron chi connectivity index (χ2n) is 2.81. The first kappa shape index (κ1) is 11.1. The van der Waals surface area contributed by atoms with Crippen molar-refractivity contribution in [2.45, 2.75) is 6.92 Å². The number of rotatable bonds is 1. The number of anilines is 1. The molecule has 0 saturated carbocycles. The molecule has 1 rings (SSSR count). The minimum absolute atomic E-state index is 0.349. The number of amides is 2. The molecule has 1 aromatic rings. The molecule has 1 aromatic carbocycles. The molecule has 0 radical (unpaired) electrons. The topological polar surface area (TPSA) is 41.1 Å². The lowest BCUT2D eigenvalue weighted by Gasteiger charge is -2.09. The molecule has 3 nitrogen and oxygen atoms in total. The van der Waals surface area contributed by atoms with Crippen molar-refractivity contribution >= 4 is 34.9 Å². The highest BCUT2D eigenvalue weighted by atomic mass is 35.5. The lowest BCUT2D eigenvalue weighted by Crippen LogP contribution is -2.24. The van der Waals surface area contributed by atoms with Gasteiger partial charge in [-0.1, -0.05) is 23.2 Å². The average Bonchev–Trinajstić information content (AvgIpc) is 2.10. The molecule has 2 amide bonds. The lowest BCUT2D eigenvalue weighted by molar-refractivity contribution is 0.254. The van der Waals surface area contributed by atoms with Crippen LogP contribution in [0.2, 0.25) is 10.0 Å². The Labute approximate surface area is 92.4 Å². The Kier molecular flexibility index (Phi) is 3.61. The van der Waals surface area contributed by atoms with Crippen molar-refractivity contribution in [3.05, 3.63) is 27.7 Å². The van der Waals surface area contributed by atoms with E-state index in [-0.39, 0.29) is 6.03 Å². The van der Waals surface area contributed by atoms with Gasteiger partial charge in [-0.2, -0.15) is 0 Å². The number of hydrogen-bond donors (Lipinski definition) is 2. The highest BCUT2D eigenvalue weighted by molar-refractivity contribution is 6.39. The van der Waals surface area contributed by atoms with Gasteiger partial charge in [0.2, 0.25) is 0 Å². The predicted molar refractivity (Wildman–Crippen MR) is 59.3 cm³/mol. The van der Waals surface area contributed by atoms with Crippen LogP contribution in [0.4, 0.5) is 10.5 Å². The number of carbonyl (C=O) groups is 1. The molecule has 0 aliphatic carbocycles. The fraction of sp³-hybridized carbons (Fsp3) is 0.222. The van der Waals surface area contributed by atoms with E-state index in [2.05, 4.69) is 10.6 Å². The van der Waals surface area contributed by atoms with Crippen LogP contribution in [0.25, 0.3) is 0 Å². The zero-order valence-electron chi connectivity index (χ0n) is 7.82. The molecule has 76 valence electrons. The van der Waals surface area contributed by atoms with Crippen LogP contribution in [0.5, 0.6) is 0 Å². The first-order chi connectivity index (χ1) is 6.54. The third-order valence-corrected chi connectivity index (χ3v) is 2.25. The van der Waals surface area contributed by atoms with Gasteiger partial charge in [-0.15, -0.1) is 0 Å². The molecule has 0 heterocycles. The highest BCUT2D eigenvalue weighted by Gasteiger charge is 2.08. The summed E-state index contributed by atoms with van der Waals surface area (Å²) in [6, 6.07) is 3.12. The summed E-state index contributed by atoms with van der Waals surface area (Å²) in [6.07, 6.45) is 0. The van der Waals surface area contributed by atoms with Crippen LogP contribution in [0.1, 0.15) is 5.56 Å². The molecule has 2 N–H and O–H groups in total. The van der Waals surface area contributed by atoms with Crippen LogP contribution in [0.15, 0.2) is 12.1 Å². The molecule has 0 unspecified atom stereocenters. The molecule has 0 atom stereocenters. The van der Waals surface area contributed by atoms with Gasteiger partial charge < -0.3 is 10.6 Å². The van der Waals surface area contributed by atoms with Crippen LogP contribution in [0.3, 0.4) is 0 Å². The quantitative estimate of drug-likeness (QED) is 0.768. The van der Waals surface area contributed by atoms with E-state index in [1.807, 2.05) is 6.92 Å². The zero-order chi connectivity index (χ0) is 10.7. The average molecular weight is 233 g/mol. The highest BCUT2D eigenvalue weighted by Crippen LogP contribution is 2.31. The molecular weight excluding hydrogens is 223 g/mol. The summed E-state index contributed by atoms with van der Waals surface area (Å²) in [6.45, 7) is 1.88. The summed E-state index contributed by atoms with van der Waals surface area (Å²) in [4.78, 5) is 11.0. The molecule has 0 aromatic heterocycles. The molecule has 0 bridgehead atoms. The van der Waals surface area contributed by atoms with E-state index in [0.717, 1.165) is 5.56 Å². The monoisotopic (exact) mass is 232 g/mol. The van der Waals surface area contributed by atoms with E-state index in [9.17, 15) is 4.79 Å². The Morgan fingerprint density at radius 2 is 1.79 bits per heavy atom. The van der Waals surface area contributed by atoms with Gasteiger partial charge in [-0.3, -0.25) is 0 Å². The van der Waals surface area contributed by atoms with Crippen molar-refractivity contribution in [2.24, 2.45) is 0 Å². The first-order valence-corrected chi connectivity index (χ1v) is 4.74. The van der Waals surface area contributed by atoms with E-state index < -0.39 is 0 Å². The maximum atomic E-state index is 11.0. The Morgan fingerprint density at radius 1 is 1.29 bits per heavy atom. The van der Waals surface area contributed by atoms with Crippen molar-refractivity contribution in [3.8, 4) is 0 Å². The van der Waals surface area contributed by atoms with Crippen molar-refractivity contribution in [2.75, 3.05) is 12.4 Å². The van der Waals surface area contributed by atoms with E-state index in [1.54, 1.807) is 12.1 Å². The third kappa shape index (κ3) is 2.53. The minimum atomic E-state index is -0.349. The van der Waals surface area contributed by atoms with Crippen LogP contribution >= 0.6 is 23.2 Å². The van der Waals surface area contributed by atoms with Crippen molar-refractivity contribution in [1.82, 2.24) is 5.32 Å². The molecule has 0 aliphatic heterocycles. The van der Waals surface area contributed by atoms with Gasteiger partial charge >= 0.3 is 6.03 Å². The van der Waals surface area contributed by atoms with Crippen LogP contribution in [-0.2, 0) is 0 Å². The van der Waals surface area contributed by atoms with Gasteiger partial charge in [0.1, 0.15) is 0 Å². The van der Waals surface area contributed by atoms with E-state index >= 15 is 0 Å². The molecule has 0 spiro atoms. The van der Waals surface area contributed by atoms with Crippen LogP contribution in [0, 0.1) is 6.92 Å². The van der Waals surface area contributed by atoms with E-state index in [1.165, 1.54) is 7.05 Å². The largest absolute Gasteiger partial charge is 0.341 e. The predicted octanol–water partition coefficient (Wildman–Crippen LogP) is 3.05. The normalized spacial score (nSPS) is 9.71. The molecule has 0 saturated heterocycles. The van der Waals surface area contributed by atoms with Crippen molar-refractivity contribution < 1.29 is 4.79 Å². The fourth-order valence-corrected chi connectivity index (χ4v) is 1.69. The fourth-order valence-electron chi connectivity index (χ4n) is 0.995. The van der Waals surface area contributed by atoms with Gasteiger partial charge in [0.15, 0.2) is 0 Å². The smallest absolute Gasteiger partial charge is 0.319 e. The molecule has 14 heavy (non-hydrogen) atoms. The summed E-state index contributed by atoms with van der Waals surface area (Å²) < 4.78 is 0. The summed E-state index contributed by atoms with van der Waals surface area (Å²) in [7, 11) is 1.52. The minimum Gasteiger partial charge on any atom is -0.341 e. The Hall–Kier alpha value is -0.930. The second-order valence-corrected chi connectivity index (χ2v) is 3.62. The number of benzene rings is 1. The molecule has 5 heteroatoms. The van der Waals surface area contributed by atoms with E-state index in [4.69, 9.17) is 23.2 Å². The lowest BCUT2D eigenvalue weighted by atomic mass is 10.2. The molecular formula is C9H10Cl2N2O. The summed E-state index contributed by atoms with van der Waals surface area (Å²) in [5.74, 6) is 0. The van der Waals surface area contributed by atoms with Gasteiger partial charge in [0, 0.05) is 7.05 Å². The maximum absolute atomic E-state index is 11.0. The number of halogens is 2. The van der Waals surface area contributed by atoms with Gasteiger partial charge in [-0.05, 0) is 24.6 Å². The Morgan fingerprint density at radius 3 is 2.21 bits per heavy atom. The Bertz CT molecular complexity index is 343. The summed E-state index contributed by atoms with van der Waals surface area (Å²) >= 11 is 11.8. The molecule has 0 aliphatic rings. The maximum Gasteiger partial charge on any atom is 0.319 e. The Balaban J connectivity index is 3.02. The number of urea groups is 1. The third-order valence-electron chi connectivity index (χ3n) is 1.65. The number of nitrogens with one attached hydrogen (secondary N) is 2. The summed E-state index contributed by atoms with van der Waals surface area (Å²) in [5, 5.41) is 5.82. The van der Waals surface area contributed by atoms with Gasteiger partial charge in [-0.25, -0.2) is 4.79 Å². The zero-order valence-corrected chi connectivity index (χ0v) is 9.33. The SMILES string of the molecule is CNC(=O)Nc1c(Cl)cc(C)cc1Cl. The van der Waals surface area contributed by atoms with E-state index in [0.29, 0.717) is 15.7 Å². The first-order valence-electron chi connectivity index (χ1n) is 3.99. The van der Waals surface area contributed by atoms with Crippen LogP contribution < -0.4 is 10.6 Å².